The molecule has 2 aromatic heterocycles. The number of aromatic nitrogens is 4. The summed E-state index contributed by atoms with van der Waals surface area (Å²) in [7, 11) is 0. The highest BCUT2D eigenvalue weighted by molar-refractivity contribution is 6.24. The Morgan fingerprint density at radius 2 is 0.719 bits per heavy atom. The minimum absolute atomic E-state index is 0.574. The molecule has 2 heterocycles. The Bertz CT molecular complexity index is 3460. The maximum atomic E-state index is 5.49. The van der Waals surface area contributed by atoms with Crippen LogP contribution in [0.1, 0.15) is 0 Å². The van der Waals surface area contributed by atoms with Gasteiger partial charge in [-0.3, -0.25) is 4.57 Å². The smallest absolute Gasteiger partial charge is 0.235 e. The van der Waals surface area contributed by atoms with Crippen molar-refractivity contribution in [3.8, 4) is 39.6 Å². The second-order valence-corrected chi connectivity index (χ2v) is 14.8. The summed E-state index contributed by atoms with van der Waals surface area (Å²) in [6, 6.07) is 65.0. The molecule has 12 rings (SSSR count). The van der Waals surface area contributed by atoms with Gasteiger partial charge in [-0.1, -0.05) is 170 Å². The quantitative estimate of drug-likeness (QED) is 0.134. The molecule has 0 aliphatic rings. The van der Waals surface area contributed by atoms with Gasteiger partial charge in [0.15, 0.2) is 0 Å². The lowest BCUT2D eigenvalue weighted by Crippen LogP contribution is -2.04. The van der Waals surface area contributed by atoms with Gasteiger partial charge < -0.3 is 0 Å². The standard InChI is InChI=1S/C53H32N4/c1-5-17-40-35(13-1)29-36-14-2-6-18-41(36)48(40)33-25-27-34(28-26-33)52-56-50-46-23-11-9-21-44(46)45-22-10-12-24-47(45)51(50)57(52)53-54-31-39(32-55-53)49-42-19-7-3-15-37(42)30-38-16-4-8-20-43(38)49/h1-32H. The highest BCUT2D eigenvalue weighted by Crippen LogP contribution is 2.41. The number of rotatable bonds is 4. The van der Waals surface area contributed by atoms with Gasteiger partial charge >= 0.3 is 0 Å². The minimum atomic E-state index is 0.574. The molecule has 264 valence electrons. The molecular formula is C53H32N4. The van der Waals surface area contributed by atoms with Crippen LogP contribution >= 0.6 is 0 Å². The fraction of sp³-hybridized carbons (Fsp3) is 0. The zero-order valence-electron chi connectivity index (χ0n) is 30.8. The van der Waals surface area contributed by atoms with Crippen LogP contribution in [0.25, 0.3) is 115 Å². The Labute approximate surface area is 328 Å². The van der Waals surface area contributed by atoms with E-state index < -0.39 is 0 Å². The average Bonchev–Trinajstić information content (AvgIpc) is 3.69. The van der Waals surface area contributed by atoms with Crippen molar-refractivity contribution < 1.29 is 0 Å². The van der Waals surface area contributed by atoms with E-state index in [-0.39, 0.29) is 0 Å². The van der Waals surface area contributed by atoms with Gasteiger partial charge in [-0.15, -0.1) is 0 Å². The van der Waals surface area contributed by atoms with E-state index in [9.17, 15) is 0 Å². The van der Waals surface area contributed by atoms with E-state index in [2.05, 4.69) is 187 Å². The summed E-state index contributed by atoms with van der Waals surface area (Å²) in [5.74, 6) is 1.37. The summed E-state index contributed by atoms with van der Waals surface area (Å²) < 4.78 is 2.16. The zero-order chi connectivity index (χ0) is 37.5. The Balaban J connectivity index is 1.10. The lowest BCUT2D eigenvalue weighted by atomic mass is 9.92. The molecule has 0 amide bonds. The van der Waals surface area contributed by atoms with Crippen LogP contribution in [-0.4, -0.2) is 19.5 Å². The van der Waals surface area contributed by atoms with Crippen molar-refractivity contribution in [1.29, 1.82) is 0 Å². The molecule has 4 heteroatoms. The summed E-state index contributed by atoms with van der Waals surface area (Å²) in [6.45, 7) is 0. The molecule has 0 aliphatic heterocycles. The first-order valence-electron chi connectivity index (χ1n) is 19.3. The van der Waals surface area contributed by atoms with Crippen molar-refractivity contribution in [2.24, 2.45) is 0 Å². The molecule has 4 nitrogen and oxygen atoms in total. The van der Waals surface area contributed by atoms with Gasteiger partial charge in [-0.25, -0.2) is 15.0 Å². The maximum Gasteiger partial charge on any atom is 0.235 e. The Kier molecular flexibility index (Phi) is 6.89. The summed E-state index contributed by atoms with van der Waals surface area (Å²) >= 11 is 0. The third kappa shape index (κ3) is 4.84. The Morgan fingerprint density at radius 1 is 0.333 bits per heavy atom. The number of fused-ring (bicyclic) bond motifs is 10. The zero-order valence-corrected chi connectivity index (χ0v) is 30.8. The van der Waals surface area contributed by atoms with Crippen LogP contribution in [-0.2, 0) is 0 Å². The normalized spacial score (nSPS) is 11.9. The van der Waals surface area contributed by atoms with Crippen molar-refractivity contribution in [2.75, 3.05) is 0 Å². The molecule has 0 aliphatic carbocycles. The van der Waals surface area contributed by atoms with Crippen LogP contribution in [0.5, 0.6) is 0 Å². The maximum absolute atomic E-state index is 5.49. The van der Waals surface area contributed by atoms with Crippen LogP contribution in [0.4, 0.5) is 0 Å². The van der Waals surface area contributed by atoms with Crippen molar-refractivity contribution in [2.45, 2.75) is 0 Å². The van der Waals surface area contributed by atoms with Gasteiger partial charge in [0.05, 0.1) is 11.0 Å². The van der Waals surface area contributed by atoms with Crippen LogP contribution in [0, 0.1) is 0 Å². The molecule has 0 fully saturated rings. The first-order chi connectivity index (χ1) is 28.3. The van der Waals surface area contributed by atoms with Crippen molar-refractivity contribution >= 4 is 75.7 Å². The van der Waals surface area contributed by atoms with Crippen molar-refractivity contribution in [1.82, 2.24) is 19.5 Å². The van der Waals surface area contributed by atoms with Crippen molar-refractivity contribution in [3.05, 3.63) is 194 Å². The molecule has 12 aromatic rings. The van der Waals surface area contributed by atoms with Gasteiger partial charge in [0.1, 0.15) is 5.82 Å². The third-order valence-electron chi connectivity index (χ3n) is 11.6. The van der Waals surface area contributed by atoms with E-state index in [4.69, 9.17) is 15.0 Å². The first-order valence-corrected chi connectivity index (χ1v) is 19.3. The highest BCUT2D eigenvalue weighted by Gasteiger charge is 2.22. The first kappa shape index (κ1) is 31.6. The summed E-state index contributed by atoms with van der Waals surface area (Å²) in [6.07, 6.45) is 3.95. The third-order valence-corrected chi connectivity index (χ3v) is 11.6. The summed E-state index contributed by atoms with van der Waals surface area (Å²) in [5, 5.41) is 14.2. The fourth-order valence-electron chi connectivity index (χ4n) is 9.09. The molecule has 10 aromatic carbocycles. The molecule has 0 unspecified atom stereocenters. The number of hydrogen-bond donors (Lipinski definition) is 0. The molecule has 0 N–H and O–H groups in total. The molecular weight excluding hydrogens is 693 g/mol. The van der Waals surface area contributed by atoms with Crippen LogP contribution in [0.15, 0.2) is 194 Å². The Hall–Kier alpha value is -7.69. The molecule has 0 radical (unpaired) electrons. The van der Waals surface area contributed by atoms with Gasteiger partial charge in [-0.2, -0.15) is 0 Å². The van der Waals surface area contributed by atoms with Crippen LogP contribution in [0.2, 0.25) is 0 Å². The van der Waals surface area contributed by atoms with E-state index in [1.807, 2.05) is 12.4 Å². The van der Waals surface area contributed by atoms with Gasteiger partial charge in [0.2, 0.25) is 5.95 Å². The van der Waals surface area contributed by atoms with Crippen LogP contribution in [0.3, 0.4) is 0 Å². The van der Waals surface area contributed by atoms with E-state index in [0.717, 1.165) is 49.9 Å². The predicted octanol–water partition coefficient (Wildman–Crippen LogP) is 13.7. The number of benzene rings is 10. The van der Waals surface area contributed by atoms with Crippen molar-refractivity contribution in [3.63, 3.8) is 0 Å². The molecule has 0 spiro atoms. The number of hydrogen-bond acceptors (Lipinski definition) is 3. The summed E-state index contributed by atoms with van der Waals surface area (Å²) in [5.41, 5.74) is 7.41. The molecule has 57 heavy (non-hydrogen) atoms. The van der Waals surface area contributed by atoms with E-state index in [1.165, 1.54) is 59.4 Å². The monoisotopic (exact) mass is 724 g/mol. The van der Waals surface area contributed by atoms with Gasteiger partial charge in [-0.05, 0) is 77.1 Å². The van der Waals surface area contributed by atoms with E-state index >= 15 is 0 Å². The second kappa shape index (κ2) is 12.4. The van der Waals surface area contributed by atoms with E-state index in [0.29, 0.717) is 5.95 Å². The van der Waals surface area contributed by atoms with Gasteiger partial charge in [0, 0.05) is 39.9 Å². The molecule has 0 atom stereocenters. The molecule has 0 saturated carbocycles. The topological polar surface area (TPSA) is 43.6 Å². The average molecular weight is 725 g/mol. The van der Waals surface area contributed by atoms with E-state index in [1.54, 1.807) is 0 Å². The van der Waals surface area contributed by atoms with Gasteiger partial charge in [0.25, 0.3) is 0 Å². The lowest BCUT2D eigenvalue weighted by molar-refractivity contribution is 0.960. The lowest BCUT2D eigenvalue weighted by Gasteiger charge is -2.14. The van der Waals surface area contributed by atoms with Crippen LogP contribution < -0.4 is 0 Å². The largest absolute Gasteiger partial charge is 0.259 e. The predicted molar refractivity (Wildman–Crippen MR) is 238 cm³/mol. The number of imidazole rings is 1. The number of nitrogens with zero attached hydrogens (tertiary/aromatic N) is 4. The molecule has 0 saturated heterocycles. The SMILES string of the molecule is c1ccc2c(-c3ccc(-c4nc5c6ccccc6c6ccccc6c5n4-c4ncc(-c5c6ccccc6cc6ccccc56)cn4)cc3)c3ccccc3cc2c1. The Morgan fingerprint density at radius 3 is 1.23 bits per heavy atom. The summed E-state index contributed by atoms with van der Waals surface area (Å²) in [4.78, 5) is 15.8. The minimum Gasteiger partial charge on any atom is -0.259 e. The highest BCUT2D eigenvalue weighted by atomic mass is 15.2. The molecule has 0 bridgehead atoms. The second-order valence-electron chi connectivity index (χ2n) is 14.8. The fourth-order valence-corrected chi connectivity index (χ4v) is 9.09.